The second-order valence-electron chi connectivity index (χ2n) is 5.88. The molecule has 4 aromatic rings. The van der Waals surface area contributed by atoms with Gasteiger partial charge in [0.1, 0.15) is 12.1 Å². The zero-order valence-electron chi connectivity index (χ0n) is 14.3. The molecule has 0 aliphatic carbocycles. The number of hydrogen-bond acceptors (Lipinski definition) is 5. The van der Waals surface area contributed by atoms with Crippen molar-refractivity contribution in [3.63, 3.8) is 0 Å². The zero-order valence-corrected chi connectivity index (χ0v) is 15.1. The minimum Gasteiger partial charge on any atom is -0.339 e. The minimum atomic E-state index is -0.153. The molecule has 0 fully saturated rings. The Morgan fingerprint density at radius 2 is 1.96 bits per heavy atom. The van der Waals surface area contributed by atoms with Crippen molar-refractivity contribution in [2.24, 2.45) is 0 Å². The molecular weight excluding hydrogens is 364 g/mol. The van der Waals surface area contributed by atoms with Crippen molar-refractivity contribution >= 4 is 45.7 Å². The first-order chi connectivity index (χ1) is 13.1. The lowest BCUT2D eigenvalue weighted by atomic mass is 10.1. The third-order valence-corrected chi connectivity index (χ3v) is 4.18. The molecule has 0 bridgehead atoms. The summed E-state index contributed by atoms with van der Waals surface area (Å²) >= 11 is 6.07. The third kappa shape index (κ3) is 3.45. The van der Waals surface area contributed by atoms with Crippen molar-refractivity contribution in [3.8, 4) is 11.3 Å². The molecular formula is C19H15ClN6O. The number of amides is 1. The number of para-hydroxylation sites is 1. The van der Waals surface area contributed by atoms with E-state index in [0.29, 0.717) is 27.9 Å². The van der Waals surface area contributed by atoms with E-state index in [0.717, 1.165) is 16.6 Å². The first-order valence-electron chi connectivity index (χ1n) is 8.20. The third-order valence-electron chi connectivity index (χ3n) is 3.95. The van der Waals surface area contributed by atoms with Crippen LogP contribution in [0.1, 0.15) is 6.92 Å². The summed E-state index contributed by atoms with van der Waals surface area (Å²) in [5.74, 6) is 0.434. The van der Waals surface area contributed by atoms with E-state index in [4.69, 9.17) is 11.6 Å². The van der Waals surface area contributed by atoms with E-state index in [1.165, 1.54) is 13.3 Å². The first-order valence-corrected chi connectivity index (χ1v) is 8.58. The monoisotopic (exact) mass is 378 g/mol. The van der Waals surface area contributed by atoms with Crippen LogP contribution in [0, 0.1) is 0 Å². The van der Waals surface area contributed by atoms with Gasteiger partial charge in [0.05, 0.1) is 16.8 Å². The van der Waals surface area contributed by atoms with E-state index in [1.54, 1.807) is 12.1 Å². The average Bonchev–Trinajstić information content (AvgIpc) is 3.07. The van der Waals surface area contributed by atoms with E-state index in [-0.39, 0.29) is 5.91 Å². The molecule has 0 aliphatic heterocycles. The van der Waals surface area contributed by atoms with E-state index in [1.807, 2.05) is 36.4 Å². The number of hydrogen-bond donors (Lipinski definition) is 3. The number of aromatic nitrogens is 4. The predicted octanol–water partition coefficient (Wildman–Crippen LogP) is 4.38. The minimum absolute atomic E-state index is 0.153. The Hall–Kier alpha value is -3.45. The standard InChI is InChI=1S/C19H15ClN6O/c1-11(27)23-15-8-3-2-7-14(15)17-16-18(21-10-22-19(16)26-25-17)24-13-6-4-5-12(20)9-13/h2-10H,1H3,(H,23,27)(H2,21,22,24,25,26). The molecule has 0 spiro atoms. The van der Waals surface area contributed by atoms with Crippen LogP contribution in [-0.4, -0.2) is 26.1 Å². The molecule has 8 heteroatoms. The summed E-state index contributed by atoms with van der Waals surface area (Å²) in [5.41, 5.74) is 3.48. The number of anilines is 3. The highest BCUT2D eigenvalue weighted by atomic mass is 35.5. The number of benzene rings is 2. The van der Waals surface area contributed by atoms with E-state index >= 15 is 0 Å². The second kappa shape index (κ2) is 7.05. The SMILES string of the molecule is CC(=O)Nc1ccccc1-c1[nH]nc2ncnc(Nc3cccc(Cl)c3)c12. The van der Waals surface area contributed by atoms with Crippen LogP contribution < -0.4 is 10.6 Å². The molecule has 0 atom stereocenters. The Balaban J connectivity index is 1.85. The Morgan fingerprint density at radius 3 is 2.78 bits per heavy atom. The fourth-order valence-electron chi connectivity index (χ4n) is 2.85. The van der Waals surface area contributed by atoms with Crippen LogP contribution in [0.25, 0.3) is 22.3 Å². The van der Waals surface area contributed by atoms with Crippen molar-refractivity contribution in [2.75, 3.05) is 10.6 Å². The quantitative estimate of drug-likeness (QED) is 0.490. The molecule has 4 rings (SSSR count). The van der Waals surface area contributed by atoms with Gasteiger partial charge in [0.2, 0.25) is 5.91 Å². The highest BCUT2D eigenvalue weighted by Crippen LogP contribution is 2.35. The maximum atomic E-state index is 11.6. The topological polar surface area (TPSA) is 95.6 Å². The molecule has 27 heavy (non-hydrogen) atoms. The molecule has 134 valence electrons. The van der Waals surface area contributed by atoms with Crippen LogP contribution in [0.15, 0.2) is 54.9 Å². The van der Waals surface area contributed by atoms with Gasteiger partial charge in [0, 0.05) is 23.2 Å². The van der Waals surface area contributed by atoms with Crippen LogP contribution in [0.4, 0.5) is 17.2 Å². The van der Waals surface area contributed by atoms with Crippen molar-refractivity contribution in [2.45, 2.75) is 6.92 Å². The summed E-state index contributed by atoms with van der Waals surface area (Å²) in [4.78, 5) is 20.2. The van der Waals surface area contributed by atoms with Gasteiger partial charge in [-0.05, 0) is 24.3 Å². The lowest BCUT2D eigenvalue weighted by Gasteiger charge is -2.11. The van der Waals surface area contributed by atoms with Gasteiger partial charge in [-0.25, -0.2) is 9.97 Å². The molecule has 0 saturated carbocycles. The molecule has 3 N–H and O–H groups in total. The number of carbonyl (C=O) groups is 1. The first kappa shape index (κ1) is 17.0. The summed E-state index contributed by atoms with van der Waals surface area (Å²) in [6.07, 6.45) is 1.44. The fourth-order valence-corrected chi connectivity index (χ4v) is 3.04. The van der Waals surface area contributed by atoms with Gasteiger partial charge in [-0.1, -0.05) is 35.9 Å². The molecule has 0 unspecified atom stereocenters. The Morgan fingerprint density at radius 1 is 1.11 bits per heavy atom. The number of rotatable bonds is 4. The molecule has 7 nitrogen and oxygen atoms in total. The second-order valence-corrected chi connectivity index (χ2v) is 6.32. The van der Waals surface area contributed by atoms with Crippen LogP contribution in [-0.2, 0) is 4.79 Å². The fraction of sp³-hybridized carbons (Fsp3) is 0.0526. The highest BCUT2D eigenvalue weighted by Gasteiger charge is 2.17. The predicted molar refractivity (Wildman–Crippen MR) is 106 cm³/mol. The molecule has 2 aromatic carbocycles. The highest BCUT2D eigenvalue weighted by molar-refractivity contribution is 6.30. The largest absolute Gasteiger partial charge is 0.339 e. The number of fused-ring (bicyclic) bond motifs is 1. The lowest BCUT2D eigenvalue weighted by molar-refractivity contribution is -0.114. The Kier molecular flexibility index (Phi) is 4.43. The normalized spacial score (nSPS) is 10.7. The van der Waals surface area contributed by atoms with Crippen LogP contribution in [0.5, 0.6) is 0 Å². The number of aromatic amines is 1. The molecule has 2 aromatic heterocycles. The molecule has 0 radical (unpaired) electrons. The number of halogens is 1. The maximum Gasteiger partial charge on any atom is 0.221 e. The smallest absolute Gasteiger partial charge is 0.221 e. The van der Waals surface area contributed by atoms with Gasteiger partial charge in [0.15, 0.2) is 5.65 Å². The maximum absolute atomic E-state index is 11.6. The van der Waals surface area contributed by atoms with Gasteiger partial charge in [-0.2, -0.15) is 5.10 Å². The number of carbonyl (C=O) groups excluding carboxylic acids is 1. The van der Waals surface area contributed by atoms with Gasteiger partial charge >= 0.3 is 0 Å². The number of H-pyrrole nitrogens is 1. The van der Waals surface area contributed by atoms with Gasteiger partial charge in [0.25, 0.3) is 0 Å². The van der Waals surface area contributed by atoms with E-state index in [2.05, 4.69) is 30.8 Å². The molecule has 1 amide bonds. The average molecular weight is 379 g/mol. The van der Waals surface area contributed by atoms with E-state index < -0.39 is 0 Å². The summed E-state index contributed by atoms with van der Waals surface area (Å²) in [5, 5.41) is 14.7. The summed E-state index contributed by atoms with van der Waals surface area (Å²) in [7, 11) is 0. The Labute approximate surface area is 159 Å². The van der Waals surface area contributed by atoms with Crippen LogP contribution in [0.3, 0.4) is 0 Å². The van der Waals surface area contributed by atoms with Crippen molar-refractivity contribution in [3.05, 3.63) is 59.9 Å². The summed E-state index contributed by atoms with van der Waals surface area (Å²) in [6.45, 7) is 1.47. The summed E-state index contributed by atoms with van der Waals surface area (Å²) in [6, 6.07) is 14.8. The van der Waals surface area contributed by atoms with Gasteiger partial charge in [-0.15, -0.1) is 0 Å². The van der Waals surface area contributed by atoms with Gasteiger partial charge < -0.3 is 10.6 Å². The van der Waals surface area contributed by atoms with Crippen molar-refractivity contribution in [1.29, 1.82) is 0 Å². The number of nitrogens with one attached hydrogen (secondary N) is 3. The van der Waals surface area contributed by atoms with Gasteiger partial charge in [-0.3, -0.25) is 9.89 Å². The van der Waals surface area contributed by atoms with E-state index in [9.17, 15) is 4.79 Å². The Bertz CT molecular complexity index is 1140. The van der Waals surface area contributed by atoms with Crippen LogP contribution in [0.2, 0.25) is 5.02 Å². The summed E-state index contributed by atoms with van der Waals surface area (Å²) < 4.78 is 0. The number of nitrogens with zero attached hydrogens (tertiary/aromatic N) is 3. The lowest BCUT2D eigenvalue weighted by Crippen LogP contribution is -2.07. The van der Waals surface area contributed by atoms with Crippen molar-refractivity contribution in [1.82, 2.24) is 20.2 Å². The molecule has 2 heterocycles. The van der Waals surface area contributed by atoms with Crippen LogP contribution >= 0.6 is 11.6 Å². The molecule has 0 saturated heterocycles. The zero-order chi connectivity index (χ0) is 18.8. The molecule has 0 aliphatic rings. The van der Waals surface area contributed by atoms with Crippen molar-refractivity contribution < 1.29 is 4.79 Å².